The van der Waals surface area contributed by atoms with Gasteiger partial charge in [-0.15, -0.1) is 0 Å². The lowest BCUT2D eigenvalue weighted by Gasteiger charge is -2.21. The second-order valence-corrected chi connectivity index (χ2v) is 6.32. The lowest BCUT2D eigenvalue weighted by molar-refractivity contribution is 0.0983. The summed E-state index contributed by atoms with van der Waals surface area (Å²) in [5.74, 6) is 0.302. The Morgan fingerprint density at radius 3 is 2.56 bits per heavy atom. The van der Waals surface area contributed by atoms with Crippen LogP contribution in [0.5, 0.6) is 0 Å². The van der Waals surface area contributed by atoms with Crippen molar-refractivity contribution in [2.75, 3.05) is 16.8 Å². The highest BCUT2D eigenvalue weighted by molar-refractivity contribution is 6.05. The van der Waals surface area contributed by atoms with E-state index in [2.05, 4.69) is 20.3 Å². The van der Waals surface area contributed by atoms with Gasteiger partial charge in [-0.25, -0.2) is 9.97 Å². The number of nitrogens with zero attached hydrogens (tertiary/aromatic N) is 4. The molecule has 0 saturated carbocycles. The van der Waals surface area contributed by atoms with Gasteiger partial charge in [-0.05, 0) is 62.2 Å². The molecule has 0 spiro atoms. The van der Waals surface area contributed by atoms with Crippen LogP contribution >= 0.6 is 0 Å². The number of aryl methyl sites for hydroxylation is 2. The zero-order valence-electron chi connectivity index (χ0n) is 15.8. The van der Waals surface area contributed by atoms with Gasteiger partial charge < -0.3 is 10.2 Å². The van der Waals surface area contributed by atoms with Crippen LogP contribution in [0.1, 0.15) is 34.2 Å². The fourth-order valence-electron chi connectivity index (χ4n) is 2.82. The zero-order valence-corrected chi connectivity index (χ0v) is 15.8. The predicted octanol–water partition coefficient (Wildman–Crippen LogP) is 3.77. The first-order valence-corrected chi connectivity index (χ1v) is 8.94. The number of anilines is 2. The molecule has 0 aliphatic heterocycles. The minimum Gasteiger partial charge on any atom is -0.350 e. The number of hydrogen-bond acceptors (Lipinski definition) is 5. The molecule has 0 saturated heterocycles. The predicted molar refractivity (Wildman–Crippen MR) is 107 cm³/mol. The van der Waals surface area contributed by atoms with Crippen LogP contribution in [0.4, 0.5) is 11.6 Å². The Hall–Kier alpha value is -3.28. The van der Waals surface area contributed by atoms with Crippen molar-refractivity contribution in [3.8, 4) is 0 Å². The second kappa shape index (κ2) is 8.40. The van der Waals surface area contributed by atoms with E-state index >= 15 is 0 Å². The Kier molecular flexibility index (Phi) is 5.76. The Morgan fingerprint density at radius 1 is 1.07 bits per heavy atom. The Balaban J connectivity index is 1.82. The molecule has 3 aromatic rings. The molecule has 0 aliphatic carbocycles. The van der Waals surface area contributed by atoms with Gasteiger partial charge in [0.2, 0.25) is 5.95 Å². The van der Waals surface area contributed by atoms with Gasteiger partial charge in [0.15, 0.2) is 0 Å². The number of carbonyl (C=O) groups is 1. The highest BCUT2D eigenvalue weighted by atomic mass is 16.2. The van der Waals surface area contributed by atoms with E-state index in [4.69, 9.17) is 0 Å². The number of hydrogen-bond donors (Lipinski definition) is 1. The zero-order chi connectivity index (χ0) is 19.2. The summed E-state index contributed by atoms with van der Waals surface area (Å²) in [7, 11) is 0. The summed E-state index contributed by atoms with van der Waals surface area (Å²) in [5.41, 5.74) is 4.16. The standard InChI is InChI=1S/C21H23N5O/c1-4-26(18-7-5-6-15(2)12-18)20(27)19-13-16(3)24-21(25-19)23-14-17-8-10-22-11-9-17/h5-13H,4,14H2,1-3H3,(H,23,24,25). The van der Waals surface area contributed by atoms with Crippen LogP contribution in [0, 0.1) is 13.8 Å². The van der Waals surface area contributed by atoms with Crippen molar-refractivity contribution < 1.29 is 4.79 Å². The van der Waals surface area contributed by atoms with Gasteiger partial charge >= 0.3 is 0 Å². The van der Waals surface area contributed by atoms with E-state index in [0.29, 0.717) is 24.7 Å². The van der Waals surface area contributed by atoms with Crippen LogP contribution in [0.15, 0.2) is 54.9 Å². The van der Waals surface area contributed by atoms with E-state index in [9.17, 15) is 4.79 Å². The molecule has 6 heteroatoms. The number of rotatable bonds is 6. The van der Waals surface area contributed by atoms with E-state index in [1.54, 1.807) is 23.4 Å². The van der Waals surface area contributed by atoms with Crippen molar-refractivity contribution in [3.05, 3.63) is 77.4 Å². The summed E-state index contributed by atoms with van der Waals surface area (Å²) in [4.78, 5) is 27.6. The second-order valence-electron chi connectivity index (χ2n) is 6.32. The highest BCUT2D eigenvalue weighted by Gasteiger charge is 2.19. The molecule has 0 radical (unpaired) electrons. The van der Waals surface area contributed by atoms with Crippen molar-refractivity contribution in [3.63, 3.8) is 0 Å². The molecule has 0 unspecified atom stereocenters. The largest absolute Gasteiger partial charge is 0.350 e. The topological polar surface area (TPSA) is 71.0 Å². The SMILES string of the molecule is CCN(C(=O)c1cc(C)nc(NCc2ccncc2)n1)c1cccc(C)c1. The molecule has 1 aromatic carbocycles. The van der Waals surface area contributed by atoms with Crippen molar-refractivity contribution in [2.45, 2.75) is 27.3 Å². The van der Waals surface area contributed by atoms with Gasteiger partial charge in [-0.1, -0.05) is 12.1 Å². The van der Waals surface area contributed by atoms with Crippen molar-refractivity contribution in [2.24, 2.45) is 0 Å². The maximum atomic E-state index is 13.1. The average molecular weight is 361 g/mol. The summed E-state index contributed by atoms with van der Waals surface area (Å²) in [5, 5.41) is 3.18. The van der Waals surface area contributed by atoms with Gasteiger partial charge in [-0.2, -0.15) is 0 Å². The first-order chi connectivity index (χ1) is 13.1. The van der Waals surface area contributed by atoms with Crippen LogP contribution in [0.3, 0.4) is 0 Å². The molecule has 0 aliphatic rings. The van der Waals surface area contributed by atoms with E-state index in [1.807, 2.05) is 57.2 Å². The number of benzene rings is 1. The Labute approximate surface area is 159 Å². The molecule has 1 amide bonds. The molecule has 1 N–H and O–H groups in total. The average Bonchev–Trinajstić information content (AvgIpc) is 2.67. The van der Waals surface area contributed by atoms with Crippen LogP contribution in [-0.2, 0) is 6.54 Å². The van der Waals surface area contributed by atoms with Crippen LogP contribution in [0.25, 0.3) is 0 Å². The molecule has 0 bridgehead atoms. The smallest absolute Gasteiger partial charge is 0.277 e. The van der Waals surface area contributed by atoms with E-state index in [-0.39, 0.29) is 5.91 Å². The molecule has 0 atom stereocenters. The monoisotopic (exact) mass is 361 g/mol. The molecule has 138 valence electrons. The molecular weight excluding hydrogens is 338 g/mol. The van der Waals surface area contributed by atoms with Gasteiger partial charge in [-0.3, -0.25) is 9.78 Å². The molecule has 27 heavy (non-hydrogen) atoms. The Bertz CT molecular complexity index is 927. The van der Waals surface area contributed by atoms with Gasteiger partial charge in [0, 0.05) is 36.9 Å². The third kappa shape index (κ3) is 4.67. The van der Waals surface area contributed by atoms with Crippen molar-refractivity contribution in [1.29, 1.82) is 0 Å². The summed E-state index contributed by atoms with van der Waals surface area (Å²) in [6, 6.07) is 13.5. The van der Waals surface area contributed by atoms with Crippen LogP contribution in [-0.4, -0.2) is 27.4 Å². The lowest BCUT2D eigenvalue weighted by atomic mass is 10.2. The molecular formula is C21H23N5O. The van der Waals surface area contributed by atoms with E-state index < -0.39 is 0 Å². The minimum atomic E-state index is -0.138. The van der Waals surface area contributed by atoms with Gasteiger partial charge in [0.05, 0.1) is 0 Å². The number of nitrogens with one attached hydrogen (secondary N) is 1. The highest BCUT2D eigenvalue weighted by Crippen LogP contribution is 2.19. The van der Waals surface area contributed by atoms with E-state index in [0.717, 1.165) is 22.5 Å². The molecule has 6 nitrogen and oxygen atoms in total. The molecule has 2 aromatic heterocycles. The molecule has 3 rings (SSSR count). The fourth-order valence-corrected chi connectivity index (χ4v) is 2.82. The van der Waals surface area contributed by atoms with Gasteiger partial charge in [0.25, 0.3) is 5.91 Å². The summed E-state index contributed by atoms with van der Waals surface area (Å²) >= 11 is 0. The first-order valence-electron chi connectivity index (χ1n) is 8.94. The maximum absolute atomic E-state index is 13.1. The van der Waals surface area contributed by atoms with Crippen molar-refractivity contribution >= 4 is 17.5 Å². The third-order valence-electron chi connectivity index (χ3n) is 4.15. The van der Waals surface area contributed by atoms with Crippen LogP contribution in [0.2, 0.25) is 0 Å². The quantitative estimate of drug-likeness (QED) is 0.724. The third-order valence-corrected chi connectivity index (χ3v) is 4.15. The fraction of sp³-hybridized carbons (Fsp3) is 0.238. The molecule has 2 heterocycles. The summed E-state index contributed by atoms with van der Waals surface area (Å²) in [6.07, 6.45) is 3.48. The van der Waals surface area contributed by atoms with Gasteiger partial charge in [0.1, 0.15) is 5.69 Å². The number of amides is 1. The van der Waals surface area contributed by atoms with E-state index in [1.165, 1.54) is 0 Å². The first kappa shape index (κ1) is 18.5. The lowest BCUT2D eigenvalue weighted by Crippen LogP contribution is -2.31. The minimum absolute atomic E-state index is 0.138. The summed E-state index contributed by atoms with van der Waals surface area (Å²) < 4.78 is 0. The number of carbonyl (C=O) groups excluding carboxylic acids is 1. The van der Waals surface area contributed by atoms with Crippen LogP contribution < -0.4 is 10.2 Å². The molecule has 0 fully saturated rings. The number of pyridine rings is 1. The maximum Gasteiger partial charge on any atom is 0.277 e. The Morgan fingerprint density at radius 2 is 1.85 bits per heavy atom. The summed E-state index contributed by atoms with van der Waals surface area (Å²) in [6.45, 7) is 6.95. The number of aromatic nitrogens is 3. The normalized spacial score (nSPS) is 10.5. The van der Waals surface area contributed by atoms with Crippen molar-refractivity contribution in [1.82, 2.24) is 15.0 Å².